The Balaban J connectivity index is 1.79. The molecule has 112 valence electrons. The molecule has 3 rings (SSSR count). The number of hydrogen-bond donors (Lipinski definition) is 1. The van der Waals surface area contributed by atoms with Crippen molar-refractivity contribution in [3.8, 4) is 5.69 Å². The van der Waals surface area contributed by atoms with E-state index in [9.17, 15) is 0 Å². The average molecular weight is 311 g/mol. The van der Waals surface area contributed by atoms with E-state index in [4.69, 9.17) is 5.73 Å². The van der Waals surface area contributed by atoms with Crippen LogP contribution in [0.1, 0.15) is 16.7 Å². The Labute approximate surface area is 133 Å². The maximum Gasteiger partial charge on any atom is 0.214 e. The van der Waals surface area contributed by atoms with E-state index in [1.165, 1.54) is 16.7 Å². The van der Waals surface area contributed by atoms with Crippen LogP contribution in [-0.2, 0) is 5.75 Å². The van der Waals surface area contributed by atoms with E-state index in [0.29, 0.717) is 0 Å². The third kappa shape index (κ3) is 3.12. The zero-order valence-corrected chi connectivity index (χ0v) is 13.3. The van der Waals surface area contributed by atoms with E-state index in [-0.39, 0.29) is 0 Å². The van der Waals surface area contributed by atoms with Gasteiger partial charge in [-0.25, -0.2) is 0 Å². The molecule has 0 aliphatic heterocycles. The smallest absolute Gasteiger partial charge is 0.214 e. The van der Waals surface area contributed by atoms with Gasteiger partial charge in [-0.2, -0.15) is 4.68 Å². The van der Waals surface area contributed by atoms with Gasteiger partial charge in [0.05, 0.1) is 5.69 Å². The summed E-state index contributed by atoms with van der Waals surface area (Å²) in [6, 6.07) is 14.1. The average Bonchev–Trinajstić information content (AvgIpc) is 2.98. The first kappa shape index (κ1) is 14.6. The molecule has 0 atom stereocenters. The van der Waals surface area contributed by atoms with Gasteiger partial charge in [-0.15, -0.1) is 5.10 Å². The number of anilines is 1. The largest absolute Gasteiger partial charge is 0.399 e. The number of nitrogens with two attached hydrogens (primary N) is 1. The van der Waals surface area contributed by atoms with Crippen LogP contribution in [0.2, 0.25) is 0 Å². The molecule has 1 aromatic heterocycles. The van der Waals surface area contributed by atoms with Crippen LogP contribution in [-0.4, -0.2) is 20.2 Å². The normalized spacial score (nSPS) is 10.8. The number of hydrogen-bond acceptors (Lipinski definition) is 5. The Morgan fingerprint density at radius 2 is 1.82 bits per heavy atom. The Bertz CT molecular complexity index is 779. The maximum absolute atomic E-state index is 5.70. The number of nitrogen functional groups attached to an aromatic ring is 1. The third-order valence-corrected chi connectivity index (χ3v) is 4.51. The van der Waals surface area contributed by atoms with Gasteiger partial charge < -0.3 is 5.73 Å². The van der Waals surface area contributed by atoms with Crippen LogP contribution in [0.15, 0.2) is 47.6 Å². The van der Waals surface area contributed by atoms with Crippen molar-refractivity contribution in [1.29, 1.82) is 0 Å². The van der Waals surface area contributed by atoms with Crippen molar-refractivity contribution < 1.29 is 0 Å². The molecule has 0 bridgehead atoms. The van der Waals surface area contributed by atoms with Crippen LogP contribution in [0.4, 0.5) is 5.69 Å². The molecule has 0 aliphatic rings. The molecule has 0 saturated heterocycles. The van der Waals surface area contributed by atoms with Crippen molar-refractivity contribution in [3.05, 3.63) is 59.2 Å². The molecular formula is C16H17N5S. The van der Waals surface area contributed by atoms with E-state index in [1.54, 1.807) is 16.4 Å². The van der Waals surface area contributed by atoms with Crippen LogP contribution in [0.5, 0.6) is 0 Å². The van der Waals surface area contributed by atoms with Crippen molar-refractivity contribution in [1.82, 2.24) is 20.2 Å². The number of benzene rings is 2. The fraction of sp³-hybridized carbons (Fsp3) is 0.188. The summed E-state index contributed by atoms with van der Waals surface area (Å²) in [5, 5.41) is 12.8. The van der Waals surface area contributed by atoms with E-state index < -0.39 is 0 Å². The van der Waals surface area contributed by atoms with Crippen LogP contribution < -0.4 is 5.73 Å². The number of aryl methyl sites for hydroxylation is 2. The second kappa shape index (κ2) is 6.19. The fourth-order valence-corrected chi connectivity index (χ4v) is 2.90. The van der Waals surface area contributed by atoms with Crippen LogP contribution in [0.3, 0.4) is 0 Å². The minimum Gasteiger partial charge on any atom is -0.399 e. The Morgan fingerprint density at radius 3 is 2.55 bits per heavy atom. The highest BCUT2D eigenvalue weighted by Crippen LogP contribution is 2.23. The van der Waals surface area contributed by atoms with Gasteiger partial charge in [0, 0.05) is 11.4 Å². The second-order valence-electron chi connectivity index (χ2n) is 5.17. The standard InChI is InChI=1S/C16H17N5S/c1-11-3-8-15(9-12(11)2)21-16(18-19-20-21)22-10-13-4-6-14(17)7-5-13/h3-9H,10,17H2,1-2H3. The van der Waals surface area contributed by atoms with Gasteiger partial charge in [-0.3, -0.25) is 0 Å². The lowest BCUT2D eigenvalue weighted by Crippen LogP contribution is -2.00. The number of thioether (sulfide) groups is 1. The number of aromatic nitrogens is 4. The summed E-state index contributed by atoms with van der Waals surface area (Å²) in [6.07, 6.45) is 0. The molecule has 0 unspecified atom stereocenters. The molecule has 2 N–H and O–H groups in total. The monoisotopic (exact) mass is 311 g/mol. The third-order valence-electron chi connectivity index (χ3n) is 3.52. The van der Waals surface area contributed by atoms with Crippen molar-refractivity contribution in [3.63, 3.8) is 0 Å². The van der Waals surface area contributed by atoms with Gasteiger partial charge >= 0.3 is 0 Å². The Morgan fingerprint density at radius 1 is 1.05 bits per heavy atom. The van der Waals surface area contributed by atoms with Crippen LogP contribution in [0, 0.1) is 13.8 Å². The van der Waals surface area contributed by atoms with Crippen molar-refractivity contribution in [2.24, 2.45) is 0 Å². The van der Waals surface area contributed by atoms with Gasteiger partial charge in [-0.1, -0.05) is 30.0 Å². The lowest BCUT2D eigenvalue weighted by atomic mass is 10.1. The molecule has 0 saturated carbocycles. The highest BCUT2D eigenvalue weighted by Gasteiger charge is 2.10. The second-order valence-corrected chi connectivity index (χ2v) is 6.11. The van der Waals surface area contributed by atoms with Crippen LogP contribution in [0.25, 0.3) is 5.69 Å². The first-order valence-corrected chi connectivity index (χ1v) is 7.95. The van der Waals surface area contributed by atoms with Crippen molar-refractivity contribution >= 4 is 17.4 Å². The Hall–Kier alpha value is -2.34. The summed E-state index contributed by atoms with van der Waals surface area (Å²) < 4.78 is 1.77. The molecule has 6 heteroatoms. The van der Waals surface area contributed by atoms with Gasteiger partial charge in [0.2, 0.25) is 5.16 Å². The summed E-state index contributed by atoms with van der Waals surface area (Å²) >= 11 is 1.60. The minimum atomic E-state index is 0.772. The van der Waals surface area contributed by atoms with Crippen molar-refractivity contribution in [2.45, 2.75) is 24.8 Å². The molecule has 1 heterocycles. The highest BCUT2D eigenvalue weighted by atomic mass is 32.2. The molecule has 3 aromatic rings. The maximum atomic E-state index is 5.70. The SMILES string of the molecule is Cc1ccc(-n2nnnc2SCc2ccc(N)cc2)cc1C. The molecule has 5 nitrogen and oxygen atoms in total. The molecule has 0 aliphatic carbocycles. The number of rotatable bonds is 4. The van der Waals surface area contributed by atoms with Gasteiger partial charge in [0.1, 0.15) is 0 Å². The zero-order chi connectivity index (χ0) is 15.5. The molecule has 0 amide bonds. The van der Waals surface area contributed by atoms with Crippen molar-refractivity contribution in [2.75, 3.05) is 5.73 Å². The number of nitrogens with zero attached hydrogens (tertiary/aromatic N) is 4. The van der Waals surface area contributed by atoms with E-state index >= 15 is 0 Å². The zero-order valence-electron chi connectivity index (χ0n) is 12.5. The topological polar surface area (TPSA) is 69.6 Å². The summed E-state index contributed by atoms with van der Waals surface area (Å²) in [5.41, 5.74) is 11.1. The van der Waals surface area contributed by atoms with Gasteiger partial charge in [-0.05, 0) is 65.2 Å². The lowest BCUT2D eigenvalue weighted by Gasteiger charge is -2.07. The van der Waals surface area contributed by atoms with Gasteiger partial charge in [0.15, 0.2) is 0 Å². The van der Waals surface area contributed by atoms with E-state index in [0.717, 1.165) is 22.3 Å². The molecule has 0 fully saturated rings. The Kier molecular flexibility index (Phi) is 4.11. The highest BCUT2D eigenvalue weighted by molar-refractivity contribution is 7.98. The summed E-state index contributed by atoms with van der Waals surface area (Å²) in [6.45, 7) is 4.18. The summed E-state index contributed by atoms with van der Waals surface area (Å²) in [4.78, 5) is 0. The van der Waals surface area contributed by atoms with E-state index in [2.05, 4.69) is 41.5 Å². The summed E-state index contributed by atoms with van der Waals surface area (Å²) in [7, 11) is 0. The summed E-state index contributed by atoms with van der Waals surface area (Å²) in [5.74, 6) is 0.797. The van der Waals surface area contributed by atoms with Crippen LogP contribution >= 0.6 is 11.8 Å². The lowest BCUT2D eigenvalue weighted by molar-refractivity contribution is 0.755. The first-order valence-electron chi connectivity index (χ1n) is 6.97. The first-order chi connectivity index (χ1) is 10.6. The van der Waals surface area contributed by atoms with Gasteiger partial charge in [0.25, 0.3) is 0 Å². The predicted molar refractivity (Wildman–Crippen MR) is 89.0 cm³/mol. The molecule has 0 spiro atoms. The quantitative estimate of drug-likeness (QED) is 0.592. The molecular weight excluding hydrogens is 294 g/mol. The molecule has 0 radical (unpaired) electrons. The molecule has 22 heavy (non-hydrogen) atoms. The predicted octanol–water partition coefficient (Wildman–Crippen LogP) is 3.15. The van der Waals surface area contributed by atoms with E-state index in [1.807, 2.05) is 30.3 Å². The number of tetrazole rings is 1. The molecule has 2 aromatic carbocycles. The fourth-order valence-electron chi connectivity index (χ4n) is 2.05. The minimum absolute atomic E-state index is 0.772.